The van der Waals surface area contributed by atoms with E-state index in [-0.39, 0.29) is 35.9 Å². The number of carbonyl (C=O) groups excluding carboxylic acids is 1. The first-order chi connectivity index (χ1) is 13.0. The number of halogens is 1. The molecule has 2 aromatic rings. The first-order valence-corrected chi connectivity index (χ1v) is 9.38. The SMILES string of the molecule is CN=C(NCCc1cccc(C(=O)NC)c1)NC(C)C(C)c1ccccc1.I. The van der Waals surface area contributed by atoms with Crippen molar-refractivity contribution in [3.05, 3.63) is 71.3 Å². The fourth-order valence-electron chi connectivity index (χ4n) is 2.92. The van der Waals surface area contributed by atoms with Gasteiger partial charge in [-0.3, -0.25) is 9.79 Å². The largest absolute Gasteiger partial charge is 0.356 e. The van der Waals surface area contributed by atoms with Crippen LogP contribution < -0.4 is 16.0 Å². The molecule has 0 saturated carbocycles. The number of benzene rings is 2. The number of hydrogen-bond donors (Lipinski definition) is 3. The second kappa shape index (κ2) is 12.4. The predicted octanol–water partition coefficient (Wildman–Crippen LogP) is 3.56. The Hall–Kier alpha value is -2.09. The lowest BCUT2D eigenvalue weighted by molar-refractivity contribution is 0.0963. The van der Waals surface area contributed by atoms with Crippen molar-refractivity contribution in [3.63, 3.8) is 0 Å². The molecule has 0 aliphatic rings. The first kappa shape index (κ1) is 23.9. The van der Waals surface area contributed by atoms with Crippen molar-refractivity contribution >= 4 is 35.8 Å². The van der Waals surface area contributed by atoms with E-state index < -0.39 is 0 Å². The van der Waals surface area contributed by atoms with Gasteiger partial charge in [0.05, 0.1) is 0 Å². The fourth-order valence-corrected chi connectivity index (χ4v) is 2.92. The summed E-state index contributed by atoms with van der Waals surface area (Å²) in [7, 11) is 3.42. The van der Waals surface area contributed by atoms with Crippen LogP contribution in [0.15, 0.2) is 59.6 Å². The van der Waals surface area contributed by atoms with E-state index in [0.29, 0.717) is 11.5 Å². The number of nitrogens with one attached hydrogen (secondary N) is 3. The number of guanidine groups is 1. The molecule has 0 fully saturated rings. The number of amides is 1. The van der Waals surface area contributed by atoms with E-state index in [1.165, 1.54) is 5.56 Å². The molecule has 2 unspecified atom stereocenters. The zero-order chi connectivity index (χ0) is 19.6. The Kier molecular flexibility index (Phi) is 10.6. The Morgan fingerprint density at radius 3 is 2.43 bits per heavy atom. The normalized spacial score (nSPS) is 13.1. The maximum atomic E-state index is 11.7. The number of nitrogens with zero attached hydrogens (tertiary/aromatic N) is 1. The summed E-state index contributed by atoms with van der Waals surface area (Å²) in [5.74, 6) is 1.09. The van der Waals surface area contributed by atoms with Gasteiger partial charge in [0.25, 0.3) is 5.91 Å². The molecule has 152 valence electrons. The van der Waals surface area contributed by atoms with Crippen LogP contribution in [0, 0.1) is 0 Å². The molecule has 2 aromatic carbocycles. The second-order valence-corrected chi connectivity index (χ2v) is 6.66. The minimum atomic E-state index is -0.0639. The van der Waals surface area contributed by atoms with Crippen molar-refractivity contribution in [2.24, 2.45) is 4.99 Å². The van der Waals surface area contributed by atoms with E-state index in [1.807, 2.05) is 30.3 Å². The molecule has 0 bridgehead atoms. The van der Waals surface area contributed by atoms with Gasteiger partial charge >= 0.3 is 0 Å². The van der Waals surface area contributed by atoms with Crippen molar-refractivity contribution < 1.29 is 4.79 Å². The standard InChI is InChI=1S/C22H30N4O.HI/c1-16(19-10-6-5-7-11-19)17(2)26-22(24-4)25-14-13-18-9-8-12-20(15-18)21(27)23-3;/h5-12,15-17H,13-14H2,1-4H3,(H,23,27)(H2,24,25,26);1H. The topological polar surface area (TPSA) is 65.5 Å². The van der Waals surface area contributed by atoms with E-state index in [9.17, 15) is 4.79 Å². The van der Waals surface area contributed by atoms with Gasteiger partial charge in [-0.15, -0.1) is 24.0 Å². The zero-order valence-corrected chi connectivity index (χ0v) is 19.4. The average Bonchev–Trinajstić information content (AvgIpc) is 2.72. The molecule has 2 rings (SSSR count). The van der Waals surface area contributed by atoms with Crippen LogP contribution >= 0.6 is 24.0 Å². The highest BCUT2D eigenvalue weighted by Gasteiger charge is 2.15. The first-order valence-electron chi connectivity index (χ1n) is 9.38. The molecular weight excluding hydrogens is 463 g/mol. The Bertz CT molecular complexity index is 764. The van der Waals surface area contributed by atoms with Gasteiger partial charge in [0.1, 0.15) is 0 Å². The molecule has 0 saturated heterocycles. The molecule has 3 N–H and O–H groups in total. The smallest absolute Gasteiger partial charge is 0.251 e. The Morgan fingerprint density at radius 2 is 1.79 bits per heavy atom. The highest BCUT2D eigenvalue weighted by molar-refractivity contribution is 14.0. The van der Waals surface area contributed by atoms with Gasteiger partial charge in [0.2, 0.25) is 0 Å². The summed E-state index contributed by atoms with van der Waals surface area (Å²) < 4.78 is 0. The van der Waals surface area contributed by atoms with E-state index in [4.69, 9.17) is 0 Å². The highest BCUT2D eigenvalue weighted by atomic mass is 127. The van der Waals surface area contributed by atoms with E-state index in [1.54, 1.807) is 14.1 Å². The Labute approximate surface area is 185 Å². The lowest BCUT2D eigenvalue weighted by Gasteiger charge is -2.24. The summed E-state index contributed by atoms with van der Waals surface area (Å²) >= 11 is 0. The fraction of sp³-hybridized carbons (Fsp3) is 0.364. The van der Waals surface area contributed by atoms with Crippen molar-refractivity contribution in [1.29, 1.82) is 0 Å². The lowest BCUT2D eigenvalue weighted by atomic mass is 9.94. The molecule has 2 atom stereocenters. The lowest BCUT2D eigenvalue weighted by Crippen LogP contribution is -2.44. The minimum Gasteiger partial charge on any atom is -0.356 e. The molecule has 28 heavy (non-hydrogen) atoms. The molecule has 6 heteroatoms. The van der Waals surface area contributed by atoms with Crippen LogP contribution in [0.1, 0.15) is 41.3 Å². The van der Waals surface area contributed by atoms with Crippen molar-refractivity contribution in [2.45, 2.75) is 32.2 Å². The van der Waals surface area contributed by atoms with Gasteiger partial charge in [-0.2, -0.15) is 0 Å². The molecule has 0 aromatic heterocycles. The van der Waals surface area contributed by atoms with Gasteiger partial charge < -0.3 is 16.0 Å². The predicted molar refractivity (Wildman–Crippen MR) is 128 cm³/mol. The van der Waals surface area contributed by atoms with Crippen LogP contribution in [0.25, 0.3) is 0 Å². The maximum Gasteiger partial charge on any atom is 0.251 e. The van der Waals surface area contributed by atoms with Crippen LogP contribution in [0.3, 0.4) is 0 Å². The summed E-state index contributed by atoms with van der Waals surface area (Å²) in [6.07, 6.45) is 0.814. The third-order valence-corrected chi connectivity index (χ3v) is 4.79. The zero-order valence-electron chi connectivity index (χ0n) is 17.0. The third-order valence-electron chi connectivity index (χ3n) is 4.79. The van der Waals surface area contributed by atoms with Crippen molar-refractivity contribution in [1.82, 2.24) is 16.0 Å². The van der Waals surface area contributed by atoms with E-state index in [0.717, 1.165) is 24.5 Å². The quantitative estimate of drug-likeness (QED) is 0.313. The second-order valence-electron chi connectivity index (χ2n) is 6.66. The number of hydrogen-bond acceptors (Lipinski definition) is 2. The molecule has 0 spiro atoms. The van der Waals surface area contributed by atoms with Crippen LogP contribution in [-0.4, -0.2) is 38.5 Å². The summed E-state index contributed by atoms with van der Waals surface area (Å²) in [4.78, 5) is 16.1. The maximum absolute atomic E-state index is 11.7. The Morgan fingerprint density at radius 1 is 1.07 bits per heavy atom. The highest BCUT2D eigenvalue weighted by Crippen LogP contribution is 2.18. The van der Waals surface area contributed by atoms with Gasteiger partial charge in [-0.1, -0.05) is 49.4 Å². The molecular formula is C22H31IN4O. The van der Waals surface area contributed by atoms with Crippen LogP contribution in [0.5, 0.6) is 0 Å². The third kappa shape index (κ3) is 7.14. The van der Waals surface area contributed by atoms with Gasteiger partial charge in [0.15, 0.2) is 5.96 Å². The summed E-state index contributed by atoms with van der Waals surface area (Å²) in [6.45, 7) is 5.12. The summed E-state index contributed by atoms with van der Waals surface area (Å²) in [5, 5.41) is 9.47. The number of aliphatic imine (C=N–C) groups is 1. The van der Waals surface area contributed by atoms with Crippen LogP contribution in [0.2, 0.25) is 0 Å². The summed E-state index contributed by atoms with van der Waals surface area (Å²) in [5.41, 5.74) is 3.10. The average molecular weight is 494 g/mol. The van der Waals surface area contributed by atoms with E-state index >= 15 is 0 Å². The number of carbonyl (C=O) groups is 1. The molecule has 5 nitrogen and oxygen atoms in total. The minimum absolute atomic E-state index is 0. The van der Waals surface area contributed by atoms with Gasteiger partial charge in [-0.05, 0) is 36.6 Å². The van der Waals surface area contributed by atoms with Crippen LogP contribution in [0.4, 0.5) is 0 Å². The monoisotopic (exact) mass is 494 g/mol. The molecule has 0 aliphatic heterocycles. The molecule has 0 aliphatic carbocycles. The van der Waals surface area contributed by atoms with Gasteiger partial charge in [0, 0.05) is 38.2 Å². The van der Waals surface area contributed by atoms with Crippen molar-refractivity contribution in [3.8, 4) is 0 Å². The summed E-state index contributed by atoms with van der Waals surface area (Å²) in [6, 6.07) is 18.4. The molecule has 0 heterocycles. The van der Waals surface area contributed by atoms with Gasteiger partial charge in [-0.25, -0.2) is 0 Å². The van der Waals surface area contributed by atoms with E-state index in [2.05, 4.69) is 59.1 Å². The molecule has 0 radical (unpaired) electrons. The van der Waals surface area contributed by atoms with Crippen LogP contribution in [-0.2, 0) is 6.42 Å². The van der Waals surface area contributed by atoms with Crippen molar-refractivity contribution in [2.75, 3.05) is 20.6 Å². The Balaban J connectivity index is 0.00000392. The molecule has 1 amide bonds. The number of rotatable bonds is 7.